The van der Waals surface area contributed by atoms with Crippen molar-refractivity contribution in [3.8, 4) is 0 Å². The van der Waals surface area contributed by atoms with Crippen molar-refractivity contribution in [1.82, 2.24) is 10.6 Å². The molecule has 2 aromatic rings. The minimum absolute atomic E-state index is 0.0966. The van der Waals surface area contributed by atoms with E-state index in [-0.39, 0.29) is 19.4 Å². The number of amides is 2. The highest BCUT2D eigenvalue weighted by atomic mass is 16.4. The number of carboxylic acids is 1. The molecule has 154 valence electrons. The molecule has 2 amide bonds. The van der Waals surface area contributed by atoms with Gasteiger partial charge in [0.05, 0.1) is 0 Å². The van der Waals surface area contributed by atoms with Gasteiger partial charge in [-0.25, -0.2) is 4.79 Å². The molecule has 0 saturated carbocycles. The highest BCUT2D eigenvalue weighted by Gasteiger charge is 2.28. The number of aliphatic carboxylic acids is 1. The Bertz CT molecular complexity index is 814. The molecular weight excluding hydrogens is 374 g/mol. The maximum Gasteiger partial charge on any atom is 0.326 e. The number of nitrogens with two attached hydrogens (primary N) is 1. The van der Waals surface area contributed by atoms with Gasteiger partial charge in [0.1, 0.15) is 18.2 Å². The van der Waals surface area contributed by atoms with Gasteiger partial charge in [0.2, 0.25) is 5.91 Å². The van der Waals surface area contributed by atoms with Crippen LogP contribution in [0.2, 0.25) is 0 Å². The molecule has 0 unspecified atom stereocenters. The number of carbonyl (C=O) groups excluding carboxylic acids is 2. The summed E-state index contributed by atoms with van der Waals surface area (Å²) >= 11 is 0. The van der Waals surface area contributed by atoms with Gasteiger partial charge in [0, 0.05) is 19.4 Å². The molecule has 3 atom stereocenters. The van der Waals surface area contributed by atoms with Gasteiger partial charge in [0.15, 0.2) is 0 Å². The molecule has 0 bridgehead atoms. The summed E-state index contributed by atoms with van der Waals surface area (Å²) in [6.45, 7) is -0.294. The van der Waals surface area contributed by atoms with E-state index in [9.17, 15) is 24.6 Å². The van der Waals surface area contributed by atoms with E-state index in [0.29, 0.717) is 0 Å². The van der Waals surface area contributed by atoms with Crippen LogP contribution in [0.3, 0.4) is 0 Å². The van der Waals surface area contributed by atoms with E-state index in [1.165, 1.54) is 0 Å². The van der Waals surface area contributed by atoms with Gasteiger partial charge in [-0.1, -0.05) is 60.7 Å². The first-order valence-corrected chi connectivity index (χ1v) is 9.20. The molecule has 0 radical (unpaired) electrons. The standard InChI is InChI=1S/C21H25N3O5/c22-13-18(25)20(27)23-16(11-14-7-3-1-4-8-14)19(26)24-17(21(28)29)12-15-9-5-2-6-10-15/h1-10,16-18,25H,11-13,22H2,(H,23,27)(H,24,26)(H,28,29)/t16-,17-,18-/m0/s1. The Labute approximate surface area is 168 Å². The Morgan fingerprint density at radius 1 is 0.793 bits per heavy atom. The molecule has 0 heterocycles. The summed E-state index contributed by atoms with van der Waals surface area (Å²) in [5, 5.41) is 24.1. The molecule has 0 aliphatic carbocycles. The summed E-state index contributed by atoms with van der Waals surface area (Å²) in [7, 11) is 0. The van der Waals surface area contributed by atoms with Crippen molar-refractivity contribution in [3.63, 3.8) is 0 Å². The molecule has 0 aliphatic heterocycles. The van der Waals surface area contributed by atoms with E-state index >= 15 is 0 Å². The number of hydrogen-bond donors (Lipinski definition) is 5. The number of aliphatic hydroxyl groups is 1. The molecule has 8 nitrogen and oxygen atoms in total. The Morgan fingerprint density at radius 3 is 1.69 bits per heavy atom. The smallest absolute Gasteiger partial charge is 0.326 e. The number of hydrogen-bond acceptors (Lipinski definition) is 5. The van der Waals surface area contributed by atoms with E-state index < -0.39 is 36.0 Å². The summed E-state index contributed by atoms with van der Waals surface area (Å²) in [5.41, 5.74) is 6.82. The van der Waals surface area contributed by atoms with Crippen LogP contribution in [-0.2, 0) is 27.2 Å². The normalized spacial score (nSPS) is 13.7. The maximum absolute atomic E-state index is 12.8. The van der Waals surface area contributed by atoms with Crippen molar-refractivity contribution in [2.24, 2.45) is 5.73 Å². The lowest BCUT2D eigenvalue weighted by atomic mass is 10.0. The SMILES string of the molecule is NC[C@H](O)C(=O)N[C@@H](Cc1ccccc1)C(=O)N[C@@H](Cc1ccccc1)C(=O)O. The van der Waals surface area contributed by atoms with Crippen molar-refractivity contribution >= 4 is 17.8 Å². The fourth-order valence-corrected chi connectivity index (χ4v) is 2.76. The Kier molecular flexibility index (Phi) is 8.32. The third-order valence-corrected chi connectivity index (χ3v) is 4.34. The lowest BCUT2D eigenvalue weighted by Gasteiger charge is -2.22. The molecule has 2 rings (SSSR count). The second kappa shape index (κ2) is 10.9. The van der Waals surface area contributed by atoms with Gasteiger partial charge in [-0.2, -0.15) is 0 Å². The first kappa shape index (κ1) is 22.1. The zero-order valence-electron chi connectivity index (χ0n) is 15.8. The molecule has 0 aliphatic rings. The topological polar surface area (TPSA) is 142 Å². The number of nitrogens with one attached hydrogen (secondary N) is 2. The quantitative estimate of drug-likeness (QED) is 0.376. The van der Waals surface area contributed by atoms with Crippen LogP contribution in [0.25, 0.3) is 0 Å². The first-order valence-electron chi connectivity index (χ1n) is 9.20. The predicted molar refractivity (Wildman–Crippen MR) is 107 cm³/mol. The van der Waals surface area contributed by atoms with Crippen LogP contribution in [0.5, 0.6) is 0 Å². The van der Waals surface area contributed by atoms with Crippen LogP contribution in [0.1, 0.15) is 11.1 Å². The van der Waals surface area contributed by atoms with Gasteiger partial charge in [0.25, 0.3) is 5.91 Å². The molecule has 8 heteroatoms. The number of carbonyl (C=O) groups is 3. The van der Waals surface area contributed by atoms with Crippen molar-refractivity contribution in [2.75, 3.05) is 6.54 Å². The minimum Gasteiger partial charge on any atom is -0.480 e. The molecule has 0 spiro atoms. The largest absolute Gasteiger partial charge is 0.480 e. The fraction of sp³-hybridized carbons (Fsp3) is 0.286. The van der Waals surface area contributed by atoms with Crippen molar-refractivity contribution < 1.29 is 24.6 Å². The average molecular weight is 399 g/mol. The first-order chi connectivity index (χ1) is 13.9. The highest BCUT2D eigenvalue weighted by Crippen LogP contribution is 2.07. The van der Waals surface area contributed by atoms with E-state index in [1.807, 2.05) is 12.1 Å². The lowest BCUT2D eigenvalue weighted by molar-refractivity contribution is -0.142. The molecule has 0 aromatic heterocycles. The van der Waals surface area contributed by atoms with Crippen LogP contribution in [0, 0.1) is 0 Å². The lowest BCUT2D eigenvalue weighted by Crippen LogP contribution is -2.55. The zero-order valence-corrected chi connectivity index (χ0v) is 15.8. The third-order valence-electron chi connectivity index (χ3n) is 4.34. The second-order valence-corrected chi connectivity index (χ2v) is 6.59. The number of carboxylic acid groups (broad SMARTS) is 1. The summed E-state index contributed by atoms with van der Waals surface area (Å²) in [4.78, 5) is 36.5. The molecule has 0 fully saturated rings. The van der Waals surface area contributed by atoms with E-state index in [1.54, 1.807) is 48.5 Å². The number of rotatable bonds is 10. The summed E-state index contributed by atoms with van der Waals surface area (Å²) < 4.78 is 0. The predicted octanol–water partition coefficient (Wildman–Crippen LogP) is -0.154. The van der Waals surface area contributed by atoms with E-state index in [4.69, 9.17) is 5.73 Å². The molecular formula is C21H25N3O5. The van der Waals surface area contributed by atoms with Gasteiger partial charge >= 0.3 is 5.97 Å². The molecule has 6 N–H and O–H groups in total. The fourth-order valence-electron chi connectivity index (χ4n) is 2.76. The molecule has 2 aromatic carbocycles. The molecule has 29 heavy (non-hydrogen) atoms. The van der Waals surface area contributed by atoms with Gasteiger partial charge < -0.3 is 26.6 Å². The number of benzene rings is 2. The van der Waals surface area contributed by atoms with E-state index in [0.717, 1.165) is 11.1 Å². The van der Waals surface area contributed by atoms with Crippen LogP contribution in [0.4, 0.5) is 0 Å². The maximum atomic E-state index is 12.8. The van der Waals surface area contributed by atoms with Crippen molar-refractivity contribution in [1.29, 1.82) is 0 Å². The summed E-state index contributed by atoms with van der Waals surface area (Å²) in [5.74, 6) is -2.64. The van der Waals surface area contributed by atoms with Crippen LogP contribution >= 0.6 is 0 Å². The number of aliphatic hydroxyl groups excluding tert-OH is 1. The van der Waals surface area contributed by atoms with Crippen molar-refractivity contribution in [3.05, 3.63) is 71.8 Å². The van der Waals surface area contributed by atoms with Gasteiger partial charge in [-0.3, -0.25) is 9.59 Å². The Morgan fingerprint density at radius 2 is 1.24 bits per heavy atom. The van der Waals surface area contributed by atoms with Gasteiger partial charge in [-0.15, -0.1) is 0 Å². The van der Waals surface area contributed by atoms with Crippen LogP contribution < -0.4 is 16.4 Å². The average Bonchev–Trinajstić information content (AvgIpc) is 2.73. The Balaban J connectivity index is 2.15. The van der Waals surface area contributed by atoms with Crippen LogP contribution in [0.15, 0.2) is 60.7 Å². The Hall–Kier alpha value is -3.23. The highest BCUT2D eigenvalue weighted by molar-refractivity contribution is 5.91. The van der Waals surface area contributed by atoms with Crippen molar-refractivity contribution in [2.45, 2.75) is 31.0 Å². The van der Waals surface area contributed by atoms with Gasteiger partial charge in [-0.05, 0) is 11.1 Å². The zero-order chi connectivity index (χ0) is 21.2. The molecule has 0 saturated heterocycles. The monoisotopic (exact) mass is 399 g/mol. The second-order valence-electron chi connectivity index (χ2n) is 6.59. The summed E-state index contributed by atoms with van der Waals surface area (Å²) in [6, 6.07) is 15.6. The van der Waals surface area contributed by atoms with E-state index in [2.05, 4.69) is 10.6 Å². The summed E-state index contributed by atoms with van der Waals surface area (Å²) in [6.07, 6.45) is -1.23. The minimum atomic E-state index is -1.46. The van der Waals surface area contributed by atoms with Crippen LogP contribution in [-0.4, -0.2) is 52.7 Å². The third kappa shape index (κ3) is 7.02.